The number of methoxy groups -OCH3 is 2. The van der Waals surface area contributed by atoms with Crippen LogP contribution in [0.25, 0.3) is 0 Å². The lowest BCUT2D eigenvalue weighted by molar-refractivity contribution is -0.122. The molecule has 0 bridgehead atoms. The highest BCUT2D eigenvalue weighted by Gasteiger charge is 2.22. The van der Waals surface area contributed by atoms with E-state index in [0.29, 0.717) is 17.0 Å². The standard InChI is InChI=1S/C14H21ClFNO2/c1-4-7-17-13(14(18-2)19-3)9-10-8-11(15)5-6-12(10)16/h5-6,8,13-14,17H,4,7,9H2,1-3H3. The summed E-state index contributed by atoms with van der Waals surface area (Å²) in [6, 6.07) is 4.44. The zero-order valence-corrected chi connectivity index (χ0v) is 12.3. The lowest BCUT2D eigenvalue weighted by Crippen LogP contribution is -2.44. The van der Waals surface area contributed by atoms with Crippen molar-refractivity contribution in [2.75, 3.05) is 20.8 Å². The first-order chi connectivity index (χ1) is 9.12. The molecule has 108 valence electrons. The van der Waals surface area contributed by atoms with E-state index in [4.69, 9.17) is 21.1 Å². The Morgan fingerprint density at radius 3 is 2.58 bits per heavy atom. The highest BCUT2D eigenvalue weighted by molar-refractivity contribution is 6.30. The largest absolute Gasteiger partial charge is 0.354 e. The summed E-state index contributed by atoms with van der Waals surface area (Å²) in [5.74, 6) is -0.265. The summed E-state index contributed by atoms with van der Waals surface area (Å²) >= 11 is 5.90. The Bertz CT molecular complexity index is 386. The van der Waals surface area contributed by atoms with Crippen molar-refractivity contribution < 1.29 is 13.9 Å². The van der Waals surface area contributed by atoms with E-state index < -0.39 is 6.29 Å². The van der Waals surface area contributed by atoms with Gasteiger partial charge in [-0.05, 0) is 43.1 Å². The summed E-state index contributed by atoms with van der Waals surface area (Å²) in [5.41, 5.74) is 0.556. The molecule has 1 atom stereocenters. The van der Waals surface area contributed by atoms with Crippen LogP contribution < -0.4 is 5.32 Å². The molecule has 1 rings (SSSR count). The van der Waals surface area contributed by atoms with Crippen LogP contribution >= 0.6 is 11.6 Å². The molecule has 0 aromatic heterocycles. The lowest BCUT2D eigenvalue weighted by atomic mass is 10.0. The molecule has 1 aromatic rings. The summed E-state index contributed by atoms with van der Waals surface area (Å²) in [7, 11) is 3.15. The van der Waals surface area contributed by atoms with Crippen LogP contribution in [0.2, 0.25) is 5.02 Å². The highest BCUT2D eigenvalue weighted by Crippen LogP contribution is 2.18. The van der Waals surface area contributed by atoms with Gasteiger partial charge in [0.25, 0.3) is 0 Å². The molecule has 0 spiro atoms. The van der Waals surface area contributed by atoms with Crippen LogP contribution in [0.5, 0.6) is 0 Å². The number of hydrogen-bond acceptors (Lipinski definition) is 3. The van der Waals surface area contributed by atoms with Gasteiger partial charge >= 0.3 is 0 Å². The minimum atomic E-state index is -0.426. The SMILES string of the molecule is CCCNC(Cc1cc(Cl)ccc1F)C(OC)OC. The molecule has 5 heteroatoms. The summed E-state index contributed by atoms with van der Waals surface area (Å²) in [4.78, 5) is 0. The number of rotatable bonds is 8. The third kappa shape index (κ3) is 5.07. The molecule has 1 N–H and O–H groups in total. The lowest BCUT2D eigenvalue weighted by Gasteiger charge is -2.26. The third-order valence-corrected chi connectivity index (χ3v) is 3.13. The van der Waals surface area contributed by atoms with E-state index >= 15 is 0 Å². The van der Waals surface area contributed by atoms with Crippen molar-refractivity contribution in [2.24, 2.45) is 0 Å². The fourth-order valence-electron chi connectivity index (χ4n) is 1.96. The predicted octanol–water partition coefficient (Wildman–Crippen LogP) is 3.01. The van der Waals surface area contributed by atoms with Gasteiger partial charge in [0.1, 0.15) is 5.82 Å². The minimum absolute atomic E-state index is 0.122. The minimum Gasteiger partial charge on any atom is -0.354 e. The fourth-order valence-corrected chi connectivity index (χ4v) is 2.15. The summed E-state index contributed by atoms with van der Waals surface area (Å²) in [6.45, 7) is 2.88. The van der Waals surface area contributed by atoms with Gasteiger partial charge in [0.15, 0.2) is 6.29 Å². The molecule has 0 fully saturated rings. The van der Waals surface area contributed by atoms with Gasteiger partial charge in [-0.15, -0.1) is 0 Å². The van der Waals surface area contributed by atoms with Crippen molar-refractivity contribution in [1.82, 2.24) is 5.32 Å². The maximum Gasteiger partial charge on any atom is 0.172 e. The molecule has 0 heterocycles. The van der Waals surface area contributed by atoms with Crippen LogP contribution in [-0.4, -0.2) is 33.1 Å². The van der Waals surface area contributed by atoms with Crippen LogP contribution in [0.3, 0.4) is 0 Å². The Morgan fingerprint density at radius 2 is 2.00 bits per heavy atom. The molecule has 0 aliphatic rings. The topological polar surface area (TPSA) is 30.5 Å². The molecule has 0 aliphatic carbocycles. The van der Waals surface area contributed by atoms with Crippen LogP contribution in [0.1, 0.15) is 18.9 Å². The van der Waals surface area contributed by atoms with E-state index in [1.54, 1.807) is 26.4 Å². The number of nitrogens with one attached hydrogen (secondary N) is 1. The van der Waals surface area contributed by atoms with E-state index in [0.717, 1.165) is 13.0 Å². The molecule has 0 saturated heterocycles. The van der Waals surface area contributed by atoms with Crippen LogP contribution in [0.15, 0.2) is 18.2 Å². The molecular weight excluding hydrogens is 269 g/mol. The molecule has 0 saturated carbocycles. The first kappa shape index (κ1) is 16.4. The fraction of sp³-hybridized carbons (Fsp3) is 0.571. The van der Waals surface area contributed by atoms with E-state index in [-0.39, 0.29) is 11.9 Å². The zero-order chi connectivity index (χ0) is 14.3. The molecule has 1 aromatic carbocycles. The van der Waals surface area contributed by atoms with Crippen molar-refractivity contribution in [3.05, 3.63) is 34.6 Å². The van der Waals surface area contributed by atoms with Crippen LogP contribution in [0.4, 0.5) is 4.39 Å². The van der Waals surface area contributed by atoms with E-state index in [1.165, 1.54) is 6.07 Å². The van der Waals surface area contributed by atoms with Crippen molar-refractivity contribution in [1.29, 1.82) is 0 Å². The second kappa shape index (κ2) is 8.48. The number of hydrogen-bond donors (Lipinski definition) is 1. The van der Waals surface area contributed by atoms with Gasteiger partial charge in [0, 0.05) is 19.2 Å². The quantitative estimate of drug-likeness (QED) is 0.746. The molecule has 0 aliphatic heterocycles. The van der Waals surface area contributed by atoms with Gasteiger partial charge < -0.3 is 14.8 Å². The van der Waals surface area contributed by atoms with Crippen molar-refractivity contribution in [2.45, 2.75) is 32.1 Å². The number of ether oxygens (including phenoxy) is 2. The van der Waals surface area contributed by atoms with Gasteiger partial charge in [-0.3, -0.25) is 0 Å². The third-order valence-electron chi connectivity index (χ3n) is 2.90. The first-order valence-corrected chi connectivity index (χ1v) is 6.73. The molecule has 0 amide bonds. The van der Waals surface area contributed by atoms with Crippen molar-refractivity contribution in [3.63, 3.8) is 0 Å². The first-order valence-electron chi connectivity index (χ1n) is 6.35. The van der Waals surface area contributed by atoms with Crippen molar-refractivity contribution in [3.8, 4) is 0 Å². The van der Waals surface area contributed by atoms with Crippen LogP contribution in [-0.2, 0) is 15.9 Å². The maximum atomic E-state index is 13.8. The molecule has 0 radical (unpaired) electrons. The van der Waals surface area contributed by atoms with E-state index in [2.05, 4.69) is 12.2 Å². The second-order valence-electron chi connectivity index (χ2n) is 4.34. The Morgan fingerprint density at radius 1 is 1.32 bits per heavy atom. The Labute approximate surface area is 119 Å². The Balaban J connectivity index is 2.83. The Kier molecular flexibility index (Phi) is 7.31. The normalized spacial score (nSPS) is 12.9. The monoisotopic (exact) mass is 289 g/mol. The number of benzene rings is 1. The predicted molar refractivity (Wildman–Crippen MR) is 75.0 cm³/mol. The molecule has 3 nitrogen and oxygen atoms in total. The van der Waals surface area contributed by atoms with Gasteiger partial charge in [0.2, 0.25) is 0 Å². The van der Waals surface area contributed by atoms with Crippen molar-refractivity contribution >= 4 is 11.6 Å². The summed E-state index contributed by atoms with van der Waals surface area (Å²) in [6.07, 6.45) is 1.01. The smallest absolute Gasteiger partial charge is 0.172 e. The summed E-state index contributed by atoms with van der Waals surface area (Å²) in [5, 5.41) is 3.83. The highest BCUT2D eigenvalue weighted by atomic mass is 35.5. The average Bonchev–Trinajstić information content (AvgIpc) is 2.41. The second-order valence-corrected chi connectivity index (χ2v) is 4.78. The van der Waals surface area contributed by atoms with E-state index in [9.17, 15) is 4.39 Å². The van der Waals surface area contributed by atoms with Crippen LogP contribution in [0, 0.1) is 5.82 Å². The van der Waals surface area contributed by atoms with Gasteiger partial charge in [-0.25, -0.2) is 4.39 Å². The Hall–Kier alpha value is -0.680. The zero-order valence-electron chi connectivity index (χ0n) is 11.6. The molecule has 19 heavy (non-hydrogen) atoms. The summed E-state index contributed by atoms with van der Waals surface area (Å²) < 4.78 is 24.3. The molecule has 1 unspecified atom stereocenters. The van der Waals surface area contributed by atoms with E-state index in [1.807, 2.05) is 0 Å². The number of halogens is 2. The average molecular weight is 290 g/mol. The van der Waals surface area contributed by atoms with Gasteiger partial charge in [0.05, 0.1) is 6.04 Å². The maximum absolute atomic E-state index is 13.8. The molecular formula is C14H21ClFNO2. The van der Waals surface area contributed by atoms with Gasteiger partial charge in [-0.2, -0.15) is 0 Å². The van der Waals surface area contributed by atoms with Gasteiger partial charge in [-0.1, -0.05) is 18.5 Å².